The molecule has 2 aliphatic rings. The molecule has 2 aromatic rings. The van der Waals surface area contributed by atoms with Gasteiger partial charge in [0.25, 0.3) is 17.7 Å². The second kappa shape index (κ2) is 8.32. The highest BCUT2D eigenvalue weighted by Gasteiger charge is 2.41. The van der Waals surface area contributed by atoms with Gasteiger partial charge in [-0.25, -0.2) is 4.79 Å². The molecule has 0 unspecified atom stereocenters. The van der Waals surface area contributed by atoms with E-state index in [0.717, 1.165) is 41.0 Å². The van der Waals surface area contributed by atoms with Gasteiger partial charge in [0, 0.05) is 4.88 Å². The topological polar surface area (TPSA) is 117 Å². The van der Waals surface area contributed by atoms with Crippen molar-refractivity contribution >= 4 is 40.0 Å². The number of ether oxygens (including phenoxy) is 1. The number of nitriles is 1. The number of thiophene rings is 1. The Morgan fingerprint density at radius 2 is 1.84 bits per heavy atom. The normalized spacial score (nSPS) is 15.7. The Balaban J connectivity index is 1.38. The predicted molar refractivity (Wildman–Crippen MR) is 112 cm³/mol. The lowest BCUT2D eigenvalue weighted by Crippen LogP contribution is -2.44. The van der Waals surface area contributed by atoms with Crippen LogP contribution in [0.1, 0.15) is 56.5 Å². The lowest BCUT2D eigenvalue weighted by Gasteiger charge is -2.20. The van der Waals surface area contributed by atoms with Crippen molar-refractivity contribution in [2.75, 3.05) is 11.9 Å². The largest absolute Gasteiger partial charge is 0.454 e. The molecule has 2 heterocycles. The van der Waals surface area contributed by atoms with Gasteiger partial charge in [0.05, 0.1) is 16.7 Å². The highest BCUT2D eigenvalue weighted by atomic mass is 32.1. The maximum Gasteiger partial charge on any atom is 0.329 e. The van der Waals surface area contributed by atoms with Gasteiger partial charge in [0.2, 0.25) is 0 Å². The highest BCUT2D eigenvalue weighted by molar-refractivity contribution is 7.16. The van der Waals surface area contributed by atoms with Crippen LogP contribution in [0.5, 0.6) is 0 Å². The van der Waals surface area contributed by atoms with E-state index in [1.54, 1.807) is 12.1 Å². The average molecular weight is 437 g/mol. The van der Waals surface area contributed by atoms with Crippen molar-refractivity contribution in [1.29, 1.82) is 5.26 Å². The molecule has 31 heavy (non-hydrogen) atoms. The van der Waals surface area contributed by atoms with Crippen LogP contribution in [0.15, 0.2) is 24.3 Å². The van der Waals surface area contributed by atoms with Crippen molar-refractivity contribution < 1.29 is 23.9 Å². The van der Waals surface area contributed by atoms with Gasteiger partial charge in [-0.05, 0) is 50.3 Å². The zero-order valence-corrected chi connectivity index (χ0v) is 17.6. The van der Waals surface area contributed by atoms with Crippen LogP contribution in [0.2, 0.25) is 0 Å². The Hall–Kier alpha value is -3.51. The number of esters is 1. The fraction of sp³-hybridized carbons (Fsp3) is 0.318. The molecule has 1 atom stereocenters. The van der Waals surface area contributed by atoms with Crippen LogP contribution in [0.25, 0.3) is 0 Å². The lowest BCUT2D eigenvalue weighted by atomic mass is 9.96. The van der Waals surface area contributed by atoms with Crippen LogP contribution in [-0.4, -0.2) is 41.2 Å². The third-order valence-electron chi connectivity index (χ3n) is 5.44. The van der Waals surface area contributed by atoms with Crippen LogP contribution in [0.4, 0.5) is 5.00 Å². The van der Waals surface area contributed by atoms with Gasteiger partial charge in [-0.15, -0.1) is 11.3 Å². The number of carbonyl (C=O) groups is 4. The molecule has 3 amide bonds. The van der Waals surface area contributed by atoms with Gasteiger partial charge in [-0.3, -0.25) is 19.3 Å². The summed E-state index contributed by atoms with van der Waals surface area (Å²) in [4.78, 5) is 51.6. The number of benzene rings is 1. The van der Waals surface area contributed by atoms with E-state index in [1.807, 2.05) is 0 Å². The number of aryl methyl sites for hydroxylation is 1. The Kier molecular flexibility index (Phi) is 5.57. The number of hydrogen-bond donors (Lipinski definition) is 1. The summed E-state index contributed by atoms with van der Waals surface area (Å²) in [5.74, 6) is -2.59. The zero-order valence-electron chi connectivity index (χ0n) is 16.8. The van der Waals surface area contributed by atoms with Crippen LogP contribution in [0, 0.1) is 11.3 Å². The highest BCUT2D eigenvalue weighted by Crippen LogP contribution is 2.37. The molecule has 4 rings (SSSR count). The third kappa shape index (κ3) is 3.70. The van der Waals surface area contributed by atoms with Gasteiger partial charge >= 0.3 is 5.97 Å². The molecular weight excluding hydrogens is 418 g/mol. The molecule has 1 aromatic heterocycles. The Morgan fingerprint density at radius 1 is 1.19 bits per heavy atom. The second-order valence-electron chi connectivity index (χ2n) is 7.38. The van der Waals surface area contributed by atoms with Crippen molar-refractivity contribution in [2.45, 2.75) is 38.6 Å². The summed E-state index contributed by atoms with van der Waals surface area (Å²) in [5, 5.41) is 12.6. The number of hydrogen-bond acceptors (Lipinski definition) is 7. The van der Waals surface area contributed by atoms with E-state index in [0.29, 0.717) is 10.6 Å². The molecule has 0 bridgehead atoms. The molecule has 1 aromatic carbocycles. The average Bonchev–Trinajstić information content (AvgIpc) is 3.25. The minimum Gasteiger partial charge on any atom is -0.454 e. The molecule has 0 saturated carbocycles. The number of imide groups is 1. The van der Waals surface area contributed by atoms with E-state index in [9.17, 15) is 24.4 Å². The minimum absolute atomic E-state index is 0.232. The zero-order chi connectivity index (χ0) is 22.1. The fourth-order valence-corrected chi connectivity index (χ4v) is 5.11. The predicted octanol–water partition coefficient (Wildman–Crippen LogP) is 2.66. The summed E-state index contributed by atoms with van der Waals surface area (Å²) in [7, 11) is 0. The van der Waals surface area contributed by atoms with E-state index < -0.39 is 36.3 Å². The monoisotopic (exact) mass is 437 g/mol. The molecule has 0 spiro atoms. The molecule has 0 radical (unpaired) electrons. The van der Waals surface area contributed by atoms with E-state index in [-0.39, 0.29) is 11.1 Å². The molecule has 1 aliphatic heterocycles. The first kappa shape index (κ1) is 20.8. The number of nitrogens with one attached hydrogen (secondary N) is 1. The second-order valence-corrected chi connectivity index (χ2v) is 8.49. The van der Waals surface area contributed by atoms with Gasteiger partial charge in [0.1, 0.15) is 17.1 Å². The molecular formula is C22H19N3O5S. The van der Waals surface area contributed by atoms with Crippen molar-refractivity contribution in [3.63, 3.8) is 0 Å². The van der Waals surface area contributed by atoms with Crippen molar-refractivity contribution in [3.05, 3.63) is 51.4 Å². The van der Waals surface area contributed by atoms with E-state index in [1.165, 1.54) is 30.4 Å². The molecule has 0 fully saturated rings. The smallest absolute Gasteiger partial charge is 0.329 e. The van der Waals surface area contributed by atoms with Gasteiger partial charge < -0.3 is 10.1 Å². The molecule has 1 aliphatic carbocycles. The maximum atomic E-state index is 12.5. The summed E-state index contributed by atoms with van der Waals surface area (Å²) in [6.07, 6.45) is 3.77. The Labute approximate surface area is 182 Å². The first-order valence-corrected chi connectivity index (χ1v) is 10.7. The number of nitrogens with zero attached hydrogens (tertiary/aromatic N) is 2. The number of rotatable bonds is 5. The third-order valence-corrected chi connectivity index (χ3v) is 6.64. The van der Waals surface area contributed by atoms with Gasteiger partial charge in [-0.1, -0.05) is 12.1 Å². The van der Waals surface area contributed by atoms with Crippen LogP contribution >= 0.6 is 11.3 Å². The summed E-state index contributed by atoms with van der Waals surface area (Å²) in [6, 6.07) is 7.30. The number of fused-ring (bicyclic) bond motifs is 2. The Bertz CT molecular complexity index is 1110. The number of amides is 3. The minimum atomic E-state index is -1.18. The summed E-state index contributed by atoms with van der Waals surface area (Å²) in [5.41, 5.74) is 1.93. The standard InChI is InChI=1S/C22H19N3O5S/c1-12(25-20(27)14-7-2-3-8-15(14)21(25)28)22(29)30-11-18(26)24-19-16(10-23)13-6-4-5-9-17(13)31-19/h2-3,7-8,12H,4-6,9,11H2,1H3,(H,24,26)/t12-/m0/s1. The first-order chi connectivity index (χ1) is 14.9. The number of anilines is 1. The lowest BCUT2D eigenvalue weighted by molar-refractivity contribution is -0.150. The SMILES string of the molecule is C[C@@H](C(=O)OCC(=O)Nc1sc2c(c1C#N)CCCC2)N1C(=O)c2ccccc2C1=O. The molecule has 0 saturated heterocycles. The molecule has 1 N–H and O–H groups in total. The summed E-state index contributed by atoms with van der Waals surface area (Å²) < 4.78 is 5.05. The van der Waals surface area contributed by atoms with Crippen LogP contribution in [-0.2, 0) is 27.2 Å². The summed E-state index contributed by atoms with van der Waals surface area (Å²) in [6.45, 7) is 0.794. The molecule has 9 heteroatoms. The summed E-state index contributed by atoms with van der Waals surface area (Å²) >= 11 is 1.38. The van der Waals surface area contributed by atoms with E-state index in [4.69, 9.17) is 4.74 Å². The van der Waals surface area contributed by atoms with E-state index in [2.05, 4.69) is 11.4 Å². The van der Waals surface area contributed by atoms with Crippen molar-refractivity contribution in [1.82, 2.24) is 4.90 Å². The van der Waals surface area contributed by atoms with Gasteiger partial charge in [-0.2, -0.15) is 5.26 Å². The molecule has 8 nitrogen and oxygen atoms in total. The first-order valence-electron chi connectivity index (χ1n) is 9.90. The van der Waals surface area contributed by atoms with Crippen LogP contribution in [0.3, 0.4) is 0 Å². The number of carbonyl (C=O) groups excluding carboxylic acids is 4. The van der Waals surface area contributed by atoms with E-state index >= 15 is 0 Å². The maximum absolute atomic E-state index is 12.5. The fourth-order valence-electron chi connectivity index (χ4n) is 3.86. The Morgan fingerprint density at radius 3 is 2.48 bits per heavy atom. The van der Waals surface area contributed by atoms with Crippen LogP contribution < -0.4 is 5.32 Å². The quantitative estimate of drug-likeness (QED) is 0.568. The van der Waals surface area contributed by atoms with Crippen molar-refractivity contribution in [3.8, 4) is 6.07 Å². The van der Waals surface area contributed by atoms with Gasteiger partial charge in [0.15, 0.2) is 6.61 Å². The van der Waals surface area contributed by atoms with Crippen molar-refractivity contribution in [2.24, 2.45) is 0 Å². The molecule has 158 valence electrons.